The molecule has 3 fully saturated rings. The maximum atomic E-state index is 12.3. The number of halogens is 1. The van der Waals surface area contributed by atoms with E-state index in [4.69, 9.17) is 14.9 Å². The fourth-order valence-electron chi connectivity index (χ4n) is 2.93. The van der Waals surface area contributed by atoms with Crippen LogP contribution in [-0.2, 0) is 9.59 Å². The summed E-state index contributed by atoms with van der Waals surface area (Å²) >= 11 is 3.37. The van der Waals surface area contributed by atoms with Gasteiger partial charge in [-0.15, -0.1) is 0 Å². The summed E-state index contributed by atoms with van der Waals surface area (Å²) in [5.41, 5.74) is 0. The first-order chi connectivity index (χ1) is 12.8. The number of carbonyl (C=O) groups is 3. The van der Waals surface area contributed by atoms with Crippen LogP contribution in [0.5, 0.6) is 5.75 Å². The molecule has 4 rings (SSSR count). The molecule has 27 heavy (non-hydrogen) atoms. The summed E-state index contributed by atoms with van der Waals surface area (Å²) in [5, 5.41) is 15.6. The molecule has 0 atom stereocenters. The number of carbonyl (C=O) groups excluding carboxylic acids is 1. The lowest BCUT2D eigenvalue weighted by Crippen LogP contribution is -2.43. The largest absolute Gasteiger partial charge is 0.478 e. The SMILES string of the molecule is O=C(O)C=CC(=O)O.O=C(Oc1ccc(Br)cc1)N1CCN2CCC1CC2. The number of amides is 1. The molecule has 0 aromatic heterocycles. The summed E-state index contributed by atoms with van der Waals surface area (Å²) in [7, 11) is 0. The van der Waals surface area contributed by atoms with Gasteiger partial charge in [-0.3, -0.25) is 0 Å². The Kier molecular flexibility index (Phi) is 7.81. The lowest BCUT2D eigenvalue weighted by Gasteiger charge is -2.30. The molecule has 3 saturated heterocycles. The maximum Gasteiger partial charge on any atom is 0.415 e. The first kappa shape index (κ1) is 20.9. The Morgan fingerprint density at radius 1 is 0.963 bits per heavy atom. The molecule has 1 aromatic carbocycles. The highest BCUT2D eigenvalue weighted by molar-refractivity contribution is 9.10. The quantitative estimate of drug-likeness (QED) is 0.694. The molecule has 2 N–H and O–H groups in total. The fourth-order valence-corrected chi connectivity index (χ4v) is 3.20. The minimum atomic E-state index is -1.26. The molecular weight excluding hydrogens is 420 g/mol. The van der Waals surface area contributed by atoms with Crippen molar-refractivity contribution in [2.45, 2.75) is 18.9 Å². The standard InChI is InChI=1S/C14H17BrN2O2.C4H4O4/c15-11-1-3-13(4-2-11)19-14(18)17-10-9-16-7-5-12(17)6-8-16;5-3(6)1-2-4(7)8/h1-4,12H,5-10H2;1-2H,(H,5,6)(H,7,8). The number of carboxylic acids is 2. The molecule has 1 aromatic rings. The van der Waals surface area contributed by atoms with Gasteiger partial charge in [0.2, 0.25) is 0 Å². The average Bonchev–Trinajstić information content (AvgIpc) is 2.96. The molecule has 2 bridgehead atoms. The van der Waals surface area contributed by atoms with E-state index >= 15 is 0 Å². The van der Waals surface area contributed by atoms with Gasteiger partial charge in [0, 0.05) is 48.8 Å². The Morgan fingerprint density at radius 3 is 2.04 bits per heavy atom. The van der Waals surface area contributed by atoms with E-state index in [1.54, 1.807) is 12.1 Å². The van der Waals surface area contributed by atoms with Crippen molar-refractivity contribution in [3.63, 3.8) is 0 Å². The predicted molar refractivity (Wildman–Crippen MR) is 101 cm³/mol. The Balaban J connectivity index is 0.000000279. The van der Waals surface area contributed by atoms with Crippen LogP contribution in [0, 0.1) is 0 Å². The topological polar surface area (TPSA) is 107 Å². The average molecular weight is 441 g/mol. The minimum absolute atomic E-state index is 0.212. The molecule has 0 radical (unpaired) electrons. The van der Waals surface area contributed by atoms with Gasteiger partial charge in [-0.05, 0) is 37.1 Å². The first-order valence-corrected chi connectivity index (χ1v) is 9.25. The third-order valence-electron chi connectivity index (χ3n) is 4.28. The molecule has 0 saturated carbocycles. The molecule has 8 nitrogen and oxygen atoms in total. The number of hydrogen-bond acceptors (Lipinski definition) is 5. The van der Waals surface area contributed by atoms with Gasteiger partial charge in [0.05, 0.1) is 0 Å². The van der Waals surface area contributed by atoms with Crippen LogP contribution in [0.1, 0.15) is 12.8 Å². The van der Waals surface area contributed by atoms with Gasteiger partial charge in [-0.25, -0.2) is 14.4 Å². The molecule has 0 spiro atoms. The fraction of sp³-hybridized carbons (Fsp3) is 0.389. The van der Waals surface area contributed by atoms with Crippen LogP contribution < -0.4 is 4.74 Å². The van der Waals surface area contributed by atoms with E-state index in [1.807, 2.05) is 17.0 Å². The van der Waals surface area contributed by atoms with Crippen LogP contribution in [0.2, 0.25) is 0 Å². The molecule has 0 unspecified atom stereocenters. The Labute approximate surface area is 165 Å². The number of piperidine rings is 1. The summed E-state index contributed by atoms with van der Waals surface area (Å²) in [4.78, 5) is 35.7. The minimum Gasteiger partial charge on any atom is -0.478 e. The zero-order valence-corrected chi connectivity index (χ0v) is 16.2. The highest BCUT2D eigenvalue weighted by atomic mass is 79.9. The molecule has 146 valence electrons. The van der Waals surface area contributed by atoms with Gasteiger partial charge in [0.1, 0.15) is 5.75 Å². The van der Waals surface area contributed by atoms with Crippen molar-refractivity contribution in [3.8, 4) is 5.75 Å². The molecule has 9 heteroatoms. The zero-order valence-electron chi connectivity index (χ0n) is 14.6. The number of rotatable bonds is 3. The molecule has 0 aliphatic carbocycles. The van der Waals surface area contributed by atoms with Crippen molar-refractivity contribution >= 4 is 34.0 Å². The summed E-state index contributed by atoms with van der Waals surface area (Å²) in [6.07, 6.45) is 3.03. The van der Waals surface area contributed by atoms with Gasteiger partial charge >= 0.3 is 18.0 Å². The van der Waals surface area contributed by atoms with Crippen molar-refractivity contribution in [1.29, 1.82) is 0 Å². The van der Waals surface area contributed by atoms with Crippen LogP contribution in [-0.4, -0.2) is 70.3 Å². The number of nitrogens with zero attached hydrogens (tertiary/aromatic N) is 2. The van der Waals surface area contributed by atoms with Gasteiger partial charge < -0.3 is 24.7 Å². The summed E-state index contributed by atoms with van der Waals surface area (Å²) < 4.78 is 6.44. The van der Waals surface area contributed by atoms with Gasteiger partial charge in [-0.2, -0.15) is 0 Å². The third-order valence-corrected chi connectivity index (χ3v) is 4.81. The third kappa shape index (κ3) is 7.03. The van der Waals surface area contributed by atoms with E-state index in [2.05, 4.69) is 20.8 Å². The van der Waals surface area contributed by atoms with Gasteiger partial charge in [-0.1, -0.05) is 15.9 Å². The zero-order chi connectivity index (χ0) is 19.8. The maximum absolute atomic E-state index is 12.3. The summed E-state index contributed by atoms with van der Waals surface area (Å²) in [6.45, 7) is 3.95. The second kappa shape index (κ2) is 10.1. The van der Waals surface area contributed by atoms with Crippen molar-refractivity contribution in [2.24, 2.45) is 0 Å². The van der Waals surface area contributed by atoms with Crippen LogP contribution in [0.25, 0.3) is 0 Å². The molecular formula is C18H21BrN2O6. The van der Waals surface area contributed by atoms with E-state index in [0.717, 1.165) is 43.5 Å². The molecule has 1 amide bonds. The monoisotopic (exact) mass is 440 g/mol. The van der Waals surface area contributed by atoms with Crippen molar-refractivity contribution in [1.82, 2.24) is 9.80 Å². The number of benzene rings is 1. The highest BCUT2D eigenvalue weighted by Gasteiger charge is 2.32. The van der Waals surface area contributed by atoms with Crippen molar-refractivity contribution in [3.05, 3.63) is 40.9 Å². The van der Waals surface area contributed by atoms with Crippen LogP contribution in [0.3, 0.4) is 0 Å². The van der Waals surface area contributed by atoms with E-state index < -0.39 is 11.9 Å². The number of fused-ring (bicyclic) bond motifs is 4. The Morgan fingerprint density at radius 2 is 1.52 bits per heavy atom. The van der Waals surface area contributed by atoms with Gasteiger partial charge in [0.25, 0.3) is 0 Å². The number of aliphatic carboxylic acids is 2. The highest BCUT2D eigenvalue weighted by Crippen LogP contribution is 2.23. The molecule has 3 aliphatic heterocycles. The van der Waals surface area contributed by atoms with E-state index in [-0.39, 0.29) is 6.09 Å². The van der Waals surface area contributed by atoms with E-state index in [9.17, 15) is 14.4 Å². The number of ether oxygens (including phenoxy) is 1. The smallest absolute Gasteiger partial charge is 0.415 e. The van der Waals surface area contributed by atoms with Crippen LogP contribution in [0.4, 0.5) is 4.79 Å². The lowest BCUT2D eigenvalue weighted by atomic mass is 10.1. The summed E-state index contributed by atoms with van der Waals surface area (Å²) in [5.74, 6) is -1.91. The Bertz CT molecular complexity index is 682. The van der Waals surface area contributed by atoms with E-state index in [0.29, 0.717) is 23.9 Å². The summed E-state index contributed by atoms with van der Waals surface area (Å²) in [6, 6.07) is 7.72. The number of hydrogen-bond donors (Lipinski definition) is 2. The second-order valence-corrected chi connectivity index (χ2v) is 7.01. The predicted octanol–water partition coefficient (Wildman–Crippen LogP) is 2.44. The van der Waals surface area contributed by atoms with E-state index in [1.165, 1.54) is 0 Å². The lowest BCUT2D eigenvalue weighted by molar-refractivity contribution is -0.134. The molecule has 3 heterocycles. The van der Waals surface area contributed by atoms with Crippen molar-refractivity contribution < 1.29 is 29.3 Å². The van der Waals surface area contributed by atoms with Gasteiger partial charge in [0.15, 0.2) is 0 Å². The number of carboxylic acid groups (broad SMARTS) is 2. The van der Waals surface area contributed by atoms with Crippen LogP contribution in [0.15, 0.2) is 40.9 Å². The van der Waals surface area contributed by atoms with Crippen LogP contribution >= 0.6 is 15.9 Å². The first-order valence-electron chi connectivity index (χ1n) is 8.45. The Hall–Kier alpha value is -2.39. The normalized spacial score (nSPS) is 21.1. The molecule has 3 aliphatic rings. The van der Waals surface area contributed by atoms with Crippen molar-refractivity contribution in [2.75, 3.05) is 26.2 Å². The second-order valence-electron chi connectivity index (χ2n) is 6.10.